The second-order valence-electron chi connectivity index (χ2n) is 5.13. The third kappa shape index (κ3) is 2.58. The highest BCUT2D eigenvalue weighted by Gasteiger charge is 2.36. The van der Waals surface area contributed by atoms with Crippen molar-refractivity contribution in [3.05, 3.63) is 59.5 Å². The van der Waals surface area contributed by atoms with Crippen molar-refractivity contribution >= 4 is 15.7 Å². The molecular weight excluding hydrogens is 288 g/mol. The predicted molar refractivity (Wildman–Crippen MR) is 80.5 cm³/mol. The summed E-state index contributed by atoms with van der Waals surface area (Å²) in [7, 11) is -3.45. The number of hydrazone groups is 1. The normalized spacial score (nSPS) is 18.9. The number of nitrogens with zero attached hydrogens (tertiary/aromatic N) is 2. The molecular formula is C15H16N2O3S. The Morgan fingerprint density at radius 1 is 1.24 bits per heavy atom. The lowest BCUT2D eigenvalue weighted by atomic mass is 9.99. The maximum absolute atomic E-state index is 12.0. The van der Waals surface area contributed by atoms with Gasteiger partial charge in [-0.15, -0.1) is 0 Å². The summed E-state index contributed by atoms with van der Waals surface area (Å²) in [4.78, 5) is 0. The highest BCUT2D eigenvalue weighted by atomic mass is 32.2. The number of sulfonamides is 1. The summed E-state index contributed by atoms with van der Waals surface area (Å²) < 4.78 is 30.5. The van der Waals surface area contributed by atoms with Crippen LogP contribution in [0.5, 0.6) is 0 Å². The van der Waals surface area contributed by atoms with Gasteiger partial charge >= 0.3 is 0 Å². The predicted octanol–water partition coefficient (Wildman–Crippen LogP) is 2.70. The summed E-state index contributed by atoms with van der Waals surface area (Å²) in [6.45, 7) is 1.99. The number of hydrogen-bond donors (Lipinski definition) is 0. The maximum atomic E-state index is 12.0. The standard InChI is InChI=1S/C15H16N2O3S/c1-11-6-3-4-7-12(11)13-10-14(15-8-5-9-20-15)17(16-13)21(2,18)19/h3-9,14H,10H2,1-2H3/t14-/m1/s1. The van der Waals surface area contributed by atoms with Crippen molar-refractivity contribution in [1.29, 1.82) is 0 Å². The third-order valence-corrected chi connectivity index (χ3v) is 4.56. The largest absolute Gasteiger partial charge is 0.467 e. The van der Waals surface area contributed by atoms with Crippen molar-refractivity contribution in [2.24, 2.45) is 5.10 Å². The number of aryl methyl sites for hydroxylation is 1. The van der Waals surface area contributed by atoms with Crippen LogP contribution in [-0.2, 0) is 10.0 Å². The Labute approximate surface area is 123 Å². The van der Waals surface area contributed by atoms with Crippen LogP contribution in [-0.4, -0.2) is 24.8 Å². The topological polar surface area (TPSA) is 62.9 Å². The summed E-state index contributed by atoms with van der Waals surface area (Å²) in [6.07, 6.45) is 3.21. The molecule has 1 aromatic heterocycles. The van der Waals surface area contributed by atoms with E-state index in [2.05, 4.69) is 5.10 Å². The summed E-state index contributed by atoms with van der Waals surface area (Å²) >= 11 is 0. The Morgan fingerprint density at radius 3 is 2.62 bits per heavy atom. The molecule has 2 heterocycles. The van der Waals surface area contributed by atoms with E-state index >= 15 is 0 Å². The minimum Gasteiger partial charge on any atom is -0.467 e. The van der Waals surface area contributed by atoms with E-state index in [1.54, 1.807) is 18.4 Å². The van der Waals surface area contributed by atoms with Crippen molar-refractivity contribution in [2.45, 2.75) is 19.4 Å². The van der Waals surface area contributed by atoms with Crippen molar-refractivity contribution in [3.63, 3.8) is 0 Å². The van der Waals surface area contributed by atoms with Crippen LogP contribution in [0.3, 0.4) is 0 Å². The fourth-order valence-electron chi connectivity index (χ4n) is 2.55. The highest BCUT2D eigenvalue weighted by molar-refractivity contribution is 7.88. The van der Waals surface area contributed by atoms with Crippen molar-refractivity contribution in [1.82, 2.24) is 4.41 Å². The van der Waals surface area contributed by atoms with Crippen LogP contribution < -0.4 is 0 Å². The first-order chi connectivity index (χ1) is 9.97. The quantitative estimate of drug-likeness (QED) is 0.876. The van der Waals surface area contributed by atoms with E-state index in [4.69, 9.17) is 4.42 Å². The minimum atomic E-state index is -3.45. The van der Waals surface area contributed by atoms with Crippen LogP contribution >= 0.6 is 0 Å². The van der Waals surface area contributed by atoms with Gasteiger partial charge in [0.1, 0.15) is 11.8 Å². The third-order valence-electron chi connectivity index (χ3n) is 3.54. The molecule has 110 valence electrons. The van der Waals surface area contributed by atoms with Crippen LogP contribution in [0.25, 0.3) is 0 Å². The Bertz CT molecular complexity index is 779. The summed E-state index contributed by atoms with van der Waals surface area (Å²) in [5.74, 6) is 0.604. The average Bonchev–Trinajstić information content (AvgIpc) is 3.07. The van der Waals surface area contributed by atoms with Gasteiger partial charge in [0.25, 0.3) is 0 Å². The molecule has 5 nitrogen and oxygen atoms in total. The van der Waals surface area contributed by atoms with E-state index < -0.39 is 16.1 Å². The second-order valence-corrected chi connectivity index (χ2v) is 6.97. The molecule has 6 heteroatoms. The molecule has 0 bridgehead atoms. The molecule has 1 atom stereocenters. The zero-order valence-corrected chi connectivity index (χ0v) is 12.7. The van der Waals surface area contributed by atoms with E-state index in [9.17, 15) is 8.42 Å². The van der Waals surface area contributed by atoms with Crippen molar-refractivity contribution in [2.75, 3.05) is 6.26 Å². The lowest BCUT2D eigenvalue weighted by molar-refractivity contribution is 0.322. The number of benzene rings is 1. The molecule has 0 N–H and O–H groups in total. The molecule has 0 spiro atoms. The van der Waals surface area contributed by atoms with Gasteiger partial charge in [-0.2, -0.15) is 9.52 Å². The molecule has 1 aliphatic heterocycles. The van der Waals surface area contributed by atoms with Gasteiger partial charge in [0.2, 0.25) is 10.0 Å². The highest BCUT2D eigenvalue weighted by Crippen LogP contribution is 2.35. The molecule has 1 aliphatic rings. The first kappa shape index (κ1) is 13.9. The zero-order valence-electron chi connectivity index (χ0n) is 11.9. The molecule has 0 amide bonds. The molecule has 21 heavy (non-hydrogen) atoms. The van der Waals surface area contributed by atoms with Crippen molar-refractivity contribution < 1.29 is 12.8 Å². The van der Waals surface area contributed by atoms with Gasteiger partial charge in [-0.25, -0.2) is 8.42 Å². The van der Waals surface area contributed by atoms with Gasteiger partial charge in [0, 0.05) is 12.0 Å². The van der Waals surface area contributed by atoms with Crippen LogP contribution in [0.4, 0.5) is 0 Å². The van der Waals surface area contributed by atoms with Gasteiger partial charge < -0.3 is 4.42 Å². The fraction of sp³-hybridized carbons (Fsp3) is 0.267. The van der Waals surface area contributed by atoms with Crippen LogP contribution in [0, 0.1) is 6.92 Å². The first-order valence-corrected chi connectivity index (χ1v) is 8.48. The fourth-order valence-corrected chi connectivity index (χ4v) is 3.43. The lowest BCUT2D eigenvalue weighted by Crippen LogP contribution is -2.25. The Morgan fingerprint density at radius 2 is 2.00 bits per heavy atom. The van der Waals surface area contributed by atoms with Crippen LogP contribution in [0.15, 0.2) is 52.2 Å². The Balaban J connectivity index is 2.04. The van der Waals surface area contributed by atoms with Gasteiger partial charge in [0.05, 0.1) is 18.2 Å². The molecule has 3 rings (SSSR count). The van der Waals surface area contributed by atoms with Gasteiger partial charge in [-0.1, -0.05) is 24.3 Å². The summed E-state index contributed by atoms with van der Waals surface area (Å²) in [5.41, 5.74) is 2.81. The minimum absolute atomic E-state index is 0.412. The van der Waals surface area contributed by atoms with E-state index in [0.717, 1.165) is 27.5 Å². The number of hydrogen-bond acceptors (Lipinski definition) is 4. The molecule has 0 aliphatic carbocycles. The van der Waals surface area contributed by atoms with Gasteiger partial charge in [-0.05, 0) is 24.6 Å². The summed E-state index contributed by atoms with van der Waals surface area (Å²) in [5, 5.41) is 4.33. The zero-order chi connectivity index (χ0) is 15.0. The molecule has 0 radical (unpaired) electrons. The molecule has 0 saturated carbocycles. The maximum Gasteiger partial charge on any atom is 0.247 e. The average molecular weight is 304 g/mol. The Kier molecular flexibility index (Phi) is 3.33. The van der Waals surface area contributed by atoms with E-state index in [1.165, 1.54) is 0 Å². The number of rotatable bonds is 3. The van der Waals surface area contributed by atoms with Crippen LogP contribution in [0.2, 0.25) is 0 Å². The van der Waals surface area contributed by atoms with E-state index in [0.29, 0.717) is 12.2 Å². The first-order valence-electron chi connectivity index (χ1n) is 6.63. The lowest BCUT2D eigenvalue weighted by Gasteiger charge is -2.18. The van der Waals surface area contributed by atoms with Crippen LogP contribution in [0.1, 0.15) is 29.3 Å². The summed E-state index contributed by atoms with van der Waals surface area (Å²) in [6, 6.07) is 10.9. The molecule has 0 saturated heterocycles. The molecule has 2 aromatic rings. The van der Waals surface area contributed by atoms with Crippen molar-refractivity contribution in [3.8, 4) is 0 Å². The van der Waals surface area contributed by atoms with Gasteiger partial charge in [0.15, 0.2) is 0 Å². The monoisotopic (exact) mass is 304 g/mol. The second kappa shape index (κ2) is 5.04. The van der Waals surface area contributed by atoms with E-state index in [1.807, 2.05) is 31.2 Å². The SMILES string of the molecule is Cc1ccccc1C1=NN(S(C)(=O)=O)[C@@H](c2ccco2)C1. The molecule has 0 unspecified atom stereocenters. The smallest absolute Gasteiger partial charge is 0.247 e. The number of furan rings is 1. The van der Waals surface area contributed by atoms with Gasteiger partial charge in [-0.3, -0.25) is 0 Å². The molecule has 0 fully saturated rings. The van der Waals surface area contributed by atoms with E-state index in [-0.39, 0.29) is 0 Å². The molecule has 1 aromatic carbocycles. The Hall–Kier alpha value is -2.08.